The van der Waals surface area contributed by atoms with E-state index in [1.54, 1.807) is 12.4 Å². The quantitative estimate of drug-likeness (QED) is 0.843. The standard InChI is InChI=1S/C13H18N2O/c1-10-9-14-7-6-11(10)8-13(16)15-12-4-2-3-5-12/h6-7,9,12H,2-5,8H2,1H3,(H,15,16). The van der Waals surface area contributed by atoms with Crippen LogP contribution in [0.4, 0.5) is 0 Å². The Morgan fingerprint density at radius 2 is 2.25 bits per heavy atom. The van der Waals surface area contributed by atoms with Gasteiger partial charge in [0.15, 0.2) is 0 Å². The molecule has 2 rings (SSSR count). The Morgan fingerprint density at radius 3 is 2.94 bits per heavy atom. The number of hydrogen-bond acceptors (Lipinski definition) is 2. The van der Waals surface area contributed by atoms with Gasteiger partial charge in [-0.15, -0.1) is 0 Å². The first-order valence-electron chi connectivity index (χ1n) is 5.94. The molecule has 16 heavy (non-hydrogen) atoms. The summed E-state index contributed by atoms with van der Waals surface area (Å²) in [7, 11) is 0. The Balaban J connectivity index is 1.89. The molecule has 0 aromatic carbocycles. The molecule has 0 spiro atoms. The SMILES string of the molecule is Cc1cnccc1CC(=O)NC1CCCC1. The molecule has 1 fully saturated rings. The van der Waals surface area contributed by atoms with Crippen molar-refractivity contribution in [3.8, 4) is 0 Å². The molecule has 3 nitrogen and oxygen atoms in total. The van der Waals surface area contributed by atoms with Gasteiger partial charge < -0.3 is 5.32 Å². The van der Waals surface area contributed by atoms with Gasteiger partial charge in [0.2, 0.25) is 5.91 Å². The lowest BCUT2D eigenvalue weighted by Gasteiger charge is -2.12. The Bertz CT molecular complexity index is 370. The van der Waals surface area contributed by atoms with Crippen molar-refractivity contribution in [3.05, 3.63) is 29.6 Å². The van der Waals surface area contributed by atoms with Crippen LogP contribution in [0.15, 0.2) is 18.5 Å². The van der Waals surface area contributed by atoms with E-state index in [0.29, 0.717) is 12.5 Å². The van der Waals surface area contributed by atoms with Crippen molar-refractivity contribution in [2.24, 2.45) is 0 Å². The maximum atomic E-state index is 11.8. The molecule has 0 aliphatic heterocycles. The predicted molar refractivity (Wildman–Crippen MR) is 63.1 cm³/mol. The van der Waals surface area contributed by atoms with Gasteiger partial charge in [-0.25, -0.2) is 0 Å². The molecule has 1 aromatic rings. The van der Waals surface area contributed by atoms with Crippen LogP contribution in [0.2, 0.25) is 0 Å². The monoisotopic (exact) mass is 218 g/mol. The molecule has 1 aliphatic rings. The lowest BCUT2D eigenvalue weighted by molar-refractivity contribution is -0.121. The number of carbonyl (C=O) groups excluding carboxylic acids is 1. The number of hydrogen-bond donors (Lipinski definition) is 1. The van der Waals surface area contributed by atoms with Gasteiger partial charge in [-0.3, -0.25) is 9.78 Å². The zero-order chi connectivity index (χ0) is 11.4. The fourth-order valence-corrected chi connectivity index (χ4v) is 2.22. The number of pyridine rings is 1. The zero-order valence-corrected chi connectivity index (χ0v) is 9.70. The normalized spacial score (nSPS) is 16.3. The molecule has 1 saturated carbocycles. The molecule has 1 heterocycles. The lowest BCUT2D eigenvalue weighted by Crippen LogP contribution is -2.33. The fourth-order valence-electron chi connectivity index (χ4n) is 2.22. The third-order valence-corrected chi connectivity index (χ3v) is 3.21. The van der Waals surface area contributed by atoms with Gasteiger partial charge >= 0.3 is 0 Å². The molecule has 0 radical (unpaired) electrons. The molecule has 0 unspecified atom stereocenters. The van der Waals surface area contributed by atoms with Crippen molar-refractivity contribution < 1.29 is 4.79 Å². The minimum absolute atomic E-state index is 0.140. The number of nitrogens with one attached hydrogen (secondary N) is 1. The Labute approximate surface area is 96.3 Å². The fraction of sp³-hybridized carbons (Fsp3) is 0.538. The van der Waals surface area contributed by atoms with E-state index >= 15 is 0 Å². The maximum Gasteiger partial charge on any atom is 0.224 e. The van der Waals surface area contributed by atoms with E-state index in [4.69, 9.17) is 0 Å². The van der Waals surface area contributed by atoms with Gasteiger partial charge in [0.25, 0.3) is 0 Å². The number of nitrogens with zero attached hydrogens (tertiary/aromatic N) is 1. The Kier molecular flexibility index (Phi) is 3.54. The van der Waals surface area contributed by atoms with E-state index in [1.165, 1.54) is 12.8 Å². The van der Waals surface area contributed by atoms with Crippen LogP contribution >= 0.6 is 0 Å². The van der Waals surface area contributed by atoms with Gasteiger partial charge in [-0.2, -0.15) is 0 Å². The highest BCUT2D eigenvalue weighted by molar-refractivity contribution is 5.79. The second kappa shape index (κ2) is 5.10. The van der Waals surface area contributed by atoms with Crippen LogP contribution in [0.3, 0.4) is 0 Å². The second-order valence-corrected chi connectivity index (χ2v) is 4.53. The number of aryl methyl sites for hydroxylation is 1. The summed E-state index contributed by atoms with van der Waals surface area (Å²) in [6.45, 7) is 1.99. The second-order valence-electron chi connectivity index (χ2n) is 4.53. The highest BCUT2D eigenvalue weighted by Gasteiger charge is 2.17. The van der Waals surface area contributed by atoms with Crippen molar-refractivity contribution in [1.82, 2.24) is 10.3 Å². The number of amides is 1. The summed E-state index contributed by atoms with van der Waals surface area (Å²) in [6.07, 6.45) is 8.80. The smallest absolute Gasteiger partial charge is 0.224 e. The highest BCUT2D eigenvalue weighted by Crippen LogP contribution is 2.17. The molecule has 0 saturated heterocycles. The topological polar surface area (TPSA) is 42.0 Å². The minimum atomic E-state index is 0.140. The molecule has 1 amide bonds. The summed E-state index contributed by atoms with van der Waals surface area (Å²) in [5.41, 5.74) is 2.16. The van der Waals surface area contributed by atoms with Crippen LogP contribution in [0.25, 0.3) is 0 Å². The van der Waals surface area contributed by atoms with Gasteiger partial charge in [0, 0.05) is 18.4 Å². The predicted octanol–water partition coefficient (Wildman–Crippen LogP) is 1.99. The molecule has 0 bridgehead atoms. The van der Waals surface area contributed by atoms with Crippen molar-refractivity contribution in [2.45, 2.75) is 45.1 Å². The lowest BCUT2D eigenvalue weighted by atomic mass is 10.1. The van der Waals surface area contributed by atoms with E-state index in [-0.39, 0.29) is 5.91 Å². The first-order valence-corrected chi connectivity index (χ1v) is 5.94. The molecule has 3 heteroatoms. The molecular weight excluding hydrogens is 200 g/mol. The Hall–Kier alpha value is -1.38. The number of carbonyl (C=O) groups is 1. The van der Waals surface area contributed by atoms with Crippen LogP contribution in [0.1, 0.15) is 36.8 Å². The third-order valence-electron chi connectivity index (χ3n) is 3.21. The van der Waals surface area contributed by atoms with Gasteiger partial charge in [0.1, 0.15) is 0 Å². The van der Waals surface area contributed by atoms with E-state index in [9.17, 15) is 4.79 Å². The van der Waals surface area contributed by atoms with E-state index < -0.39 is 0 Å². The summed E-state index contributed by atoms with van der Waals surface area (Å²) in [5.74, 6) is 0.140. The largest absolute Gasteiger partial charge is 0.353 e. The summed E-state index contributed by atoms with van der Waals surface area (Å²) in [5, 5.41) is 3.10. The van der Waals surface area contributed by atoms with Crippen LogP contribution in [0, 0.1) is 6.92 Å². The van der Waals surface area contributed by atoms with Crippen molar-refractivity contribution >= 4 is 5.91 Å². The Morgan fingerprint density at radius 1 is 1.50 bits per heavy atom. The average molecular weight is 218 g/mol. The first kappa shape index (κ1) is 11.1. The molecular formula is C13H18N2O. The third kappa shape index (κ3) is 2.81. The molecule has 1 N–H and O–H groups in total. The summed E-state index contributed by atoms with van der Waals surface area (Å²) >= 11 is 0. The van der Waals surface area contributed by atoms with Crippen molar-refractivity contribution in [2.75, 3.05) is 0 Å². The number of aromatic nitrogens is 1. The first-order chi connectivity index (χ1) is 7.75. The van der Waals surface area contributed by atoms with Crippen molar-refractivity contribution in [3.63, 3.8) is 0 Å². The van der Waals surface area contributed by atoms with Crippen LogP contribution in [-0.4, -0.2) is 16.9 Å². The molecule has 0 atom stereocenters. The average Bonchev–Trinajstić information content (AvgIpc) is 2.74. The van der Waals surface area contributed by atoms with Gasteiger partial charge in [-0.05, 0) is 37.0 Å². The minimum Gasteiger partial charge on any atom is -0.353 e. The van der Waals surface area contributed by atoms with Crippen LogP contribution in [-0.2, 0) is 11.2 Å². The zero-order valence-electron chi connectivity index (χ0n) is 9.70. The molecule has 86 valence electrons. The highest BCUT2D eigenvalue weighted by atomic mass is 16.1. The summed E-state index contributed by atoms with van der Waals surface area (Å²) in [4.78, 5) is 15.8. The van der Waals surface area contributed by atoms with E-state index in [0.717, 1.165) is 24.0 Å². The van der Waals surface area contributed by atoms with Gasteiger partial charge in [-0.1, -0.05) is 12.8 Å². The van der Waals surface area contributed by atoms with E-state index in [1.807, 2.05) is 13.0 Å². The summed E-state index contributed by atoms with van der Waals surface area (Å²) < 4.78 is 0. The number of rotatable bonds is 3. The maximum absolute atomic E-state index is 11.8. The molecule has 1 aliphatic carbocycles. The molecule has 1 aromatic heterocycles. The van der Waals surface area contributed by atoms with Crippen LogP contribution in [0.5, 0.6) is 0 Å². The van der Waals surface area contributed by atoms with E-state index in [2.05, 4.69) is 10.3 Å². The van der Waals surface area contributed by atoms with Crippen molar-refractivity contribution in [1.29, 1.82) is 0 Å². The van der Waals surface area contributed by atoms with Gasteiger partial charge in [0.05, 0.1) is 6.42 Å². The van der Waals surface area contributed by atoms with Crippen LogP contribution < -0.4 is 5.32 Å². The summed E-state index contributed by atoms with van der Waals surface area (Å²) in [6, 6.07) is 2.33.